The Morgan fingerprint density at radius 1 is 1.60 bits per heavy atom. The Hall–Kier alpha value is -1.42. The zero-order chi connectivity index (χ0) is 11.8. The quantitative estimate of drug-likeness (QED) is 0.518. The van der Waals surface area contributed by atoms with Crippen LogP contribution in [-0.2, 0) is 4.79 Å². The lowest BCUT2D eigenvalue weighted by Crippen LogP contribution is -2.35. The molecule has 0 spiro atoms. The van der Waals surface area contributed by atoms with Gasteiger partial charge in [0.2, 0.25) is 5.91 Å². The average Bonchev–Trinajstić information content (AvgIpc) is 2.14. The van der Waals surface area contributed by atoms with E-state index in [1.165, 1.54) is 12.2 Å². The molecule has 0 aromatic heterocycles. The van der Waals surface area contributed by atoms with E-state index in [0.717, 1.165) is 0 Å². The molecule has 0 radical (unpaired) electrons. The zero-order valence-corrected chi connectivity index (χ0v) is 8.87. The van der Waals surface area contributed by atoms with Crippen molar-refractivity contribution in [3.8, 4) is 0 Å². The molecular weight excluding hydrogens is 195 g/mol. The van der Waals surface area contributed by atoms with Crippen molar-refractivity contribution >= 4 is 5.91 Å². The van der Waals surface area contributed by atoms with Crippen molar-refractivity contribution in [1.82, 2.24) is 0 Å². The molecule has 4 N–H and O–H groups in total. The fourth-order valence-corrected chi connectivity index (χ4v) is 0.932. The van der Waals surface area contributed by atoms with Crippen molar-refractivity contribution < 1.29 is 9.18 Å². The predicted octanol–water partition coefficient (Wildman–Crippen LogP) is 1.56. The van der Waals surface area contributed by atoms with Crippen LogP contribution in [0.5, 0.6) is 0 Å². The van der Waals surface area contributed by atoms with E-state index in [1.54, 1.807) is 13.0 Å². The molecule has 0 heterocycles. The minimum absolute atomic E-state index is 0.201. The van der Waals surface area contributed by atoms with E-state index in [1.807, 2.05) is 0 Å². The average molecular weight is 212 g/mol. The normalized spacial score (nSPS) is 14.9. The Kier molecular flexibility index (Phi) is 6.29. The van der Waals surface area contributed by atoms with Gasteiger partial charge in [0.15, 0.2) is 0 Å². The maximum atomic E-state index is 13.0. The topological polar surface area (TPSA) is 69.1 Å². The van der Waals surface area contributed by atoms with Gasteiger partial charge in [-0.2, -0.15) is 0 Å². The van der Waals surface area contributed by atoms with Gasteiger partial charge in [0.1, 0.15) is 5.83 Å². The summed E-state index contributed by atoms with van der Waals surface area (Å²) in [5.41, 5.74) is 11.1. The van der Waals surface area contributed by atoms with Gasteiger partial charge < -0.3 is 11.5 Å². The van der Waals surface area contributed by atoms with Crippen molar-refractivity contribution in [1.29, 1.82) is 0 Å². The summed E-state index contributed by atoms with van der Waals surface area (Å²) in [6.45, 7) is 5.16. The first kappa shape index (κ1) is 13.6. The number of nitrogens with two attached hydrogens (primary N) is 2. The molecule has 0 aromatic carbocycles. The number of rotatable bonds is 6. The maximum Gasteiger partial charge on any atom is 0.234 e. The maximum absolute atomic E-state index is 13.0. The number of amides is 1. The van der Waals surface area contributed by atoms with Crippen LogP contribution in [0.3, 0.4) is 0 Å². The number of carbonyl (C=O) groups is 1. The Labute approximate surface area is 89.3 Å². The van der Waals surface area contributed by atoms with E-state index in [2.05, 4.69) is 6.58 Å². The lowest BCUT2D eigenvalue weighted by atomic mass is 10.1. The van der Waals surface area contributed by atoms with Crippen molar-refractivity contribution in [3.63, 3.8) is 0 Å². The van der Waals surface area contributed by atoms with Gasteiger partial charge in [0, 0.05) is 6.42 Å². The van der Waals surface area contributed by atoms with Gasteiger partial charge in [0.05, 0.1) is 6.04 Å². The van der Waals surface area contributed by atoms with E-state index < -0.39 is 11.9 Å². The zero-order valence-electron chi connectivity index (χ0n) is 8.87. The van der Waals surface area contributed by atoms with Crippen LogP contribution in [0.15, 0.2) is 36.2 Å². The summed E-state index contributed by atoms with van der Waals surface area (Å²) in [4.78, 5) is 10.6. The summed E-state index contributed by atoms with van der Waals surface area (Å²) in [6.07, 6.45) is 5.06. The monoisotopic (exact) mass is 212 g/mol. The number of allylic oxidation sites excluding steroid dienone is 4. The molecule has 0 aromatic rings. The second-order valence-electron chi connectivity index (χ2n) is 3.28. The van der Waals surface area contributed by atoms with Crippen LogP contribution in [0.4, 0.5) is 4.39 Å². The van der Waals surface area contributed by atoms with Gasteiger partial charge >= 0.3 is 0 Å². The fraction of sp³-hybridized carbons (Fsp3) is 0.364. The number of primary amides is 1. The molecule has 0 bridgehead atoms. The van der Waals surface area contributed by atoms with Crippen molar-refractivity contribution in [2.24, 2.45) is 11.5 Å². The molecule has 1 atom stereocenters. The number of hydrogen-bond acceptors (Lipinski definition) is 2. The van der Waals surface area contributed by atoms with Gasteiger partial charge in [0.25, 0.3) is 0 Å². The van der Waals surface area contributed by atoms with E-state index in [4.69, 9.17) is 11.5 Å². The van der Waals surface area contributed by atoms with Crippen LogP contribution >= 0.6 is 0 Å². The Balaban J connectivity index is 4.26. The predicted molar refractivity (Wildman–Crippen MR) is 59.5 cm³/mol. The number of halogens is 1. The minimum Gasteiger partial charge on any atom is -0.368 e. The molecule has 0 aliphatic carbocycles. The number of hydrogen-bond donors (Lipinski definition) is 2. The van der Waals surface area contributed by atoms with Crippen LogP contribution < -0.4 is 11.5 Å². The fourth-order valence-electron chi connectivity index (χ4n) is 0.932. The first-order valence-electron chi connectivity index (χ1n) is 4.66. The Morgan fingerprint density at radius 3 is 2.67 bits per heavy atom. The van der Waals surface area contributed by atoms with Crippen molar-refractivity contribution in [2.45, 2.75) is 25.8 Å². The SMILES string of the molecule is C=CCC(F)=CC(C)=CCC(N)C(N)=O. The molecule has 0 fully saturated rings. The van der Waals surface area contributed by atoms with Crippen molar-refractivity contribution in [2.75, 3.05) is 0 Å². The van der Waals surface area contributed by atoms with Crippen LogP contribution in [-0.4, -0.2) is 11.9 Å². The van der Waals surface area contributed by atoms with Crippen LogP contribution in [0.25, 0.3) is 0 Å². The third-order valence-electron chi connectivity index (χ3n) is 1.78. The Bertz CT molecular complexity index is 295. The highest BCUT2D eigenvalue weighted by Crippen LogP contribution is 2.09. The molecule has 3 nitrogen and oxygen atoms in total. The van der Waals surface area contributed by atoms with Crippen LogP contribution in [0.1, 0.15) is 19.8 Å². The van der Waals surface area contributed by atoms with Crippen LogP contribution in [0, 0.1) is 0 Å². The molecule has 0 rings (SSSR count). The second kappa shape index (κ2) is 6.95. The molecular formula is C11H17FN2O. The highest BCUT2D eigenvalue weighted by atomic mass is 19.1. The van der Waals surface area contributed by atoms with E-state index >= 15 is 0 Å². The molecule has 84 valence electrons. The summed E-state index contributed by atoms with van der Waals surface area (Å²) in [7, 11) is 0. The molecule has 15 heavy (non-hydrogen) atoms. The third-order valence-corrected chi connectivity index (χ3v) is 1.78. The lowest BCUT2D eigenvalue weighted by molar-refractivity contribution is -0.119. The Morgan fingerprint density at radius 2 is 2.20 bits per heavy atom. The van der Waals surface area contributed by atoms with Gasteiger partial charge in [-0.05, 0) is 19.4 Å². The van der Waals surface area contributed by atoms with Gasteiger partial charge in [-0.25, -0.2) is 4.39 Å². The van der Waals surface area contributed by atoms with Gasteiger partial charge in [-0.1, -0.05) is 17.7 Å². The second-order valence-corrected chi connectivity index (χ2v) is 3.28. The summed E-state index contributed by atoms with van der Waals surface area (Å²) >= 11 is 0. The number of carbonyl (C=O) groups excluding carboxylic acids is 1. The standard InChI is InChI=1S/C11H17FN2O/c1-3-4-9(12)7-8(2)5-6-10(13)11(14)15/h3,5,7,10H,1,4,6,13H2,2H3,(H2,14,15). The summed E-state index contributed by atoms with van der Waals surface area (Å²) < 4.78 is 13.0. The first-order valence-corrected chi connectivity index (χ1v) is 4.66. The molecule has 4 heteroatoms. The largest absolute Gasteiger partial charge is 0.368 e. The van der Waals surface area contributed by atoms with E-state index in [0.29, 0.717) is 12.0 Å². The van der Waals surface area contributed by atoms with Gasteiger partial charge in [-0.15, -0.1) is 6.58 Å². The van der Waals surface area contributed by atoms with E-state index in [9.17, 15) is 9.18 Å². The summed E-state index contributed by atoms with van der Waals surface area (Å²) in [6, 6.07) is -0.712. The molecule has 0 saturated heterocycles. The van der Waals surface area contributed by atoms with Gasteiger partial charge in [-0.3, -0.25) is 4.79 Å². The summed E-state index contributed by atoms with van der Waals surface area (Å²) in [5, 5.41) is 0. The smallest absolute Gasteiger partial charge is 0.234 e. The molecule has 0 saturated carbocycles. The minimum atomic E-state index is -0.712. The first-order chi connectivity index (χ1) is 6.97. The molecule has 0 aliphatic heterocycles. The highest BCUT2D eigenvalue weighted by molar-refractivity contribution is 5.79. The highest BCUT2D eigenvalue weighted by Gasteiger charge is 2.06. The molecule has 1 unspecified atom stereocenters. The lowest BCUT2D eigenvalue weighted by Gasteiger charge is -2.03. The van der Waals surface area contributed by atoms with Crippen molar-refractivity contribution in [3.05, 3.63) is 36.2 Å². The van der Waals surface area contributed by atoms with E-state index in [-0.39, 0.29) is 12.2 Å². The summed E-state index contributed by atoms with van der Waals surface area (Å²) in [5.74, 6) is -0.832. The third kappa shape index (κ3) is 6.62. The van der Waals surface area contributed by atoms with Crippen LogP contribution in [0.2, 0.25) is 0 Å². The molecule has 0 aliphatic rings. The molecule has 1 amide bonds.